The first-order valence-electron chi connectivity index (χ1n) is 10.4. The van der Waals surface area contributed by atoms with Crippen molar-refractivity contribution in [3.05, 3.63) is 65.6 Å². The highest BCUT2D eigenvalue weighted by Gasteiger charge is 2.10. The number of aryl methyl sites for hydroxylation is 1. The lowest BCUT2D eigenvalue weighted by molar-refractivity contribution is 0.179. The van der Waals surface area contributed by atoms with Gasteiger partial charge >= 0.3 is 0 Å². The Morgan fingerprint density at radius 3 is 2.73 bits per heavy atom. The molecule has 0 saturated heterocycles. The maximum Gasteiger partial charge on any atom is 0.191 e. The van der Waals surface area contributed by atoms with Gasteiger partial charge in [-0.05, 0) is 57.5 Å². The summed E-state index contributed by atoms with van der Waals surface area (Å²) < 4.78 is 7.77. The van der Waals surface area contributed by atoms with Gasteiger partial charge in [0, 0.05) is 25.0 Å². The highest BCUT2D eigenvalue weighted by molar-refractivity contribution is 5.79. The molecule has 0 aliphatic rings. The largest absolute Gasteiger partial charge is 0.491 e. The summed E-state index contributed by atoms with van der Waals surface area (Å²) in [5, 5.41) is 17.0. The number of imidazole rings is 1. The van der Waals surface area contributed by atoms with Crippen LogP contribution in [0.3, 0.4) is 0 Å². The van der Waals surface area contributed by atoms with E-state index in [0.717, 1.165) is 34.9 Å². The van der Waals surface area contributed by atoms with Crippen molar-refractivity contribution in [3.63, 3.8) is 0 Å². The maximum atomic E-state index is 10.6. The number of ether oxygens (including phenoxy) is 1. The topological polar surface area (TPSA) is 83.2 Å². The van der Waals surface area contributed by atoms with Crippen LogP contribution in [0, 0.1) is 6.92 Å². The number of benzene rings is 1. The normalized spacial score (nSPS) is 12.9. The van der Waals surface area contributed by atoms with Crippen LogP contribution in [0.15, 0.2) is 53.7 Å². The molecule has 0 fully saturated rings. The molecule has 0 amide bonds. The van der Waals surface area contributed by atoms with Gasteiger partial charge in [0.25, 0.3) is 0 Å². The second kappa shape index (κ2) is 10.1. The van der Waals surface area contributed by atoms with Gasteiger partial charge in [-0.15, -0.1) is 0 Å². The third-order valence-corrected chi connectivity index (χ3v) is 4.57. The van der Waals surface area contributed by atoms with E-state index >= 15 is 0 Å². The van der Waals surface area contributed by atoms with Crippen molar-refractivity contribution in [1.82, 2.24) is 20.0 Å². The van der Waals surface area contributed by atoms with E-state index in [0.29, 0.717) is 19.0 Å². The molecule has 7 heteroatoms. The minimum atomic E-state index is -0.678. The zero-order valence-corrected chi connectivity index (χ0v) is 18.1. The summed E-state index contributed by atoms with van der Waals surface area (Å²) in [5.74, 6) is 1.39. The second-order valence-electron chi connectivity index (χ2n) is 7.46. The molecule has 3 rings (SSSR count). The van der Waals surface area contributed by atoms with Crippen molar-refractivity contribution >= 4 is 11.6 Å². The molecule has 1 aromatic carbocycles. The van der Waals surface area contributed by atoms with Crippen molar-refractivity contribution < 1.29 is 9.84 Å². The first-order valence-corrected chi connectivity index (χ1v) is 10.4. The van der Waals surface area contributed by atoms with E-state index in [1.807, 2.05) is 63.4 Å². The van der Waals surface area contributed by atoms with Gasteiger partial charge in [0.05, 0.1) is 24.4 Å². The first kappa shape index (κ1) is 21.6. The summed E-state index contributed by atoms with van der Waals surface area (Å²) in [5.41, 5.74) is 3.73. The van der Waals surface area contributed by atoms with E-state index in [-0.39, 0.29) is 6.10 Å². The van der Waals surface area contributed by atoms with Gasteiger partial charge in [-0.3, -0.25) is 0 Å². The van der Waals surface area contributed by atoms with E-state index < -0.39 is 6.10 Å². The Balaban J connectivity index is 1.64. The van der Waals surface area contributed by atoms with Gasteiger partial charge in [0.2, 0.25) is 0 Å². The molecule has 0 aliphatic heterocycles. The lowest BCUT2D eigenvalue weighted by Crippen LogP contribution is -2.39. The molecule has 1 unspecified atom stereocenters. The molecular weight excluding hydrogens is 378 g/mol. The van der Waals surface area contributed by atoms with Crippen LogP contribution in [-0.2, 0) is 6.54 Å². The van der Waals surface area contributed by atoms with E-state index in [2.05, 4.69) is 38.0 Å². The Morgan fingerprint density at radius 1 is 1.20 bits per heavy atom. The van der Waals surface area contributed by atoms with Crippen LogP contribution in [0.4, 0.5) is 0 Å². The number of aliphatic imine (C=N–C) groups is 1. The molecular formula is C23H31N5O2. The molecule has 2 heterocycles. The predicted molar refractivity (Wildman–Crippen MR) is 120 cm³/mol. The van der Waals surface area contributed by atoms with Gasteiger partial charge in [-0.1, -0.05) is 18.2 Å². The molecule has 0 saturated carbocycles. The number of fused-ring (bicyclic) bond motifs is 1. The van der Waals surface area contributed by atoms with Crippen molar-refractivity contribution in [3.8, 4) is 5.75 Å². The fraction of sp³-hybridized carbons (Fsp3) is 0.391. The molecule has 160 valence electrons. The van der Waals surface area contributed by atoms with Gasteiger partial charge in [-0.25, -0.2) is 9.98 Å². The van der Waals surface area contributed by atoms with Crippen LogP contribution in [-0.4, -0.2) is 39.6 Å². The zero-order valence-electron chi connectivity index (χ0n) is 18.1. The fourth-order valence-electron chi connectivity index (χ4n) is 3.16. The number of aliphatic hydroxyl groups is 1. The van der Waals surface area contributed by atoms with Crippen LogP contribution in [0.25, 0.3) is 5.65 Å². The van der Waals surface area contributed by atoms with E-state index in [4.69, 9.17) is 4.74 Å². The summed E-state index contributed by atoms with van der Waals surface area (Å²) in [7, 11) is 0. The molecule has 0 radical (unpaired) electrons. The van der Waals surface area contributed by atoms with Crippen molar-refractivity contribution in [2.75, 3.05) is 13.1 Å². The Kier molecular flexibility index (Phi) is 7.30. The molecule has 1 atom stereocenters. The Hall–Kier alpha value is -3.06. The summed E-state index contributed by atoms with van der Waals surface area (Å²) in [4.78, 5) is 9.23. The Morgan fingerprint density at radius 2 is 2.00 bits per heavy atom. The highest BCUT2D eigenvalue weighted by Crippen LogP contribution is 2.20. The van der Waals surface area contributed by atoms with Crippen LogP contribution in [0.2, 0.25) is 0 Å². The third-order valence-electron chi connectivity index (χ3n) is 4.57. The summed E-state index contributed by atoms with van der Waals surface area (Å²) in [6.45, 7) is 9.53. The lowest BCUT2D eigenvalue weighted by Gasteiger charge is -2.17. The average molecular weight is 410 g/mol. The zero-order chi connectivity index (χ0) is 21.5. The number of aliphatic hydroxyl groups excluding tert-OH is 1. The van der Waals surface area contributed by atoms with Crippen molar-refractivity contribution in [2.24, 2.45) is 4.99 Å². The molecule has 0 spiro atoms. The maximum absolute atomic E-state index is 10.6. The van der Waals surface area contributed by atoms with Gasteiger partial charge < -0.3 is 24.9 Å². The summed E-state index contributed by atoms with van der Waals surface area (Å²) in [6, 6.07) is 13.6. The standard InChI is InChI=1S/C23H31N5O2/c1-5-24-23(25-13-19-15-28-17(4)8-6-11-22(28)27-19)26-14-21(29)18-9-7-10-20(12-18)30-16(2)3/h6-12,15-16,21,29H,5,13-14H2,1-4H3,(H2,24,25,26). The summed E-state index contributed by atoms with van der Waals surface area (Å²) >= 11 is 0. The fourth-order valence-corrected chi connectivity index (χ4v) is 3.16. The van der Waals surface area contributed by atoms with Gasteiger partial charge in [0.15, 0.2) is 5.96 Å². The van der Waals surface area contributed by atoms with E-state index in [1.165, 1.54) is 0 Å². The van der Waals surface area contributed by atoms with Crippen molar-refractivity contribution in [2.45, 2.75) is 46.4 Å². The van der Waals surface area contributed by atoms with Crippen LogP contribution >= 0.6 is 0 Å². The molecule has 7 nitrogen and oxygen atoms in total. The van der Waals surface area contributed by atoms with Crippen molar-refractivity contribution in [1.29, 1.82) is 0 Å². The monoisotopic (exact) mass is 409 g/mol. The first-order chi connectivity index (χ1) is 14.5. The molecule has 2 aromatic heterocycles. The minimum Gasteiger partial charge on any atom is -0.491 e. The van der Waals surface area contributed by atoms with E-state index in [9.17, 15) is 5.11 Å². The van der Waals surface area contributed by atoms with Gasteiger partial charge in [-0.2, -0.15) is 0 Å². The Labute approximate surface area is 177 Å². The second-order valence-corrected chi connectivity index (χ2v) is 7.46. The quantitative estimate of drug-likeness (QED) is 0.393. The number of nitrogens with one attached hydrogen (secondary N) is 2. The van der Waals surface area contributed by atoms with Crippen LogP contribution in [0.5, 0.6) is 5.75 Å². The number of guanidine groups is 1. The third kappa shape index (κ3) is 5.73. The smallest absolute Gasteiger partial charge is 0.191 e. The van der Waals surface area contributed by atoms with Crippen LogP contribution < -0.4 is 15.4 Å². The molecule has 0 aliphatic carbocycles. The number of rotatable bonds is 8. The number of hydrogen-bond acceptors (Lipinski definition) is 4. The molecule has 30 heavy (non-hydrogen) atoms. The van der Waals surface area contributed by atoms with E-state index in [1.54, 1.807) is 0 Å². The highest BCUT2D eigenvalue weighted by atomic mass is 16.5. The minimum absolute atomic E-state index is 0.0893. The Bertz CT molecular complexity index is 996. The number of pyridine rings is 1. The van der Waals surface area contributed by atoms with Gasteiger partial charge in [0.1, 0.15) is 11.4 Å². The molecule has 3 N–H and O–H groups in total. The van der Waals surface area contributed by atoms with Crippen LogP contribution in [0.1, 0.15) is 43.8 Å². The molecule has 3 aromatic rings. The lowest BCUT2D eigenvalue weighted by atomic mass is 10.1. The average Bonchev–Trinajstić information content (AvgIpc) is 3.14. The number of aromatic nitrogens is 2. The molecule has 0 bridgehead atoms. The predicted octanol–water partition coefficient (Wildman–Crippen LogP) is 3.22. The number of hydrogen-bond donors (Lipinski definition) is 3. The summed E-state index contributed by atoms with van der Waals surface area (Å²) in [6.07, 6.45) is 1.42. The number of nitrogens with zero attached hydrogens (tertiary/aromatic N) is 3. The SMILES string of the molecule is CCNC(=NCc1cn2c(C)cccc2n1)NCC(O)c1cccc(OC(C)C)c1.